The van der Waals surface area contributed by atoms with Gasteiger partial charge in [0.15, 0.2) is 0 Å². The minimum Gasteiger partial charge on any atom is -0.369 e. The normalized spacial score (nSPS) is 19.9. The van der Waals surface area contributed by atoms with E-state index in [0.29, 0.717) is 0 Å². The highest BCUT2D eigenvalue weighted by molar-refractivity contribution is 5.86. The summed E-state index contributed by atoms with van der Waals surface area (Å²) in [5, 5.41) is 6.41. The van der Waals surface area contributed by atoms with E-state index in [1.54, 1.807) is 0 Å². The highest BCUT2D eigenvalue weighted by Crippen LogP contribution is 2.15. The molecule has 8 heteroatoms. The van der Waals surface area contributed by atoms with Gasteiger partial charge in [0.1, 0.15) is 0 Å². The second-order valence-electron chi connectivity index (χ2n) is 6.85. The molecule has 2 fully saturated rings. The number of nitrogens with one attached hydrogen (secondary N) is 2. The standard InChI is InChI=1S/C19H30N4O.3ClH/c24-19(17-6-4-9-20-16-17)21-10-5-11-22-12-14-23(15-13-22)18-7-2-1-3-8-18;;;/h1-3,7-8,17,20H,4-6,9-16H2,(H,21,24);3*1H. The fraction of sp³-hybridized carbons (Fsp3) is 0.632. The summed E-state index contributed by atoms with van der Waals surface area (Å²) < 4.78 is 0. The van der Waals surface area contributed by atoms with E-state index in [9.17, 15) is 4.79 Å². The summed E-state index contributed by atoms with van der Waals surface area (Å²) in [5.74, 6) is 0.407. The third kappa shape index (κ3) is 8.44. The smallest absolute Gasteiger partial charge is 0.224 e. The van der Waals surface area contributed by atoms with Gasteiger partial charge in [0, 0.05) is 45.0 Å². The van der Waals surface area contributed by atoms with Crippen LogP contribution < -0.4 is 15.5 Å². The second kappa shape index (κ2) is 14.3. The predicted octanol–water partition coefficient (Wildman–Crippen LogP) is 2.58. The summed E-state index contributed by atoms with van der Waals surface area (Å²) in [6, 6.07) is 10.6. The molecule has 0 radical (unpaired) electrons. The lowest BCUT2D eigenvalue weighted by molar-refractivity contribution is -0.125. The minimum atomic E-state index is 0. The molecule has 5 nitrogen and oxygen atoms in total. The molecular weight excluding hydrogens is 407 g/mol. The molecule has 1 unspecified atom stereocenters. The number of hydrogen-bond acceptors (Lipinski definition) is 4. The quantitative estimate of drug-likeness (QED) is 0.669. The Morgan fingerprint density at radius 3 is 2.41 bits per heavy atom. The number of hydrogen-bond donors (Lipinski definition) is 2. The maximum absolute atomic E-state index is 12.1. The van der Waals surface area contributed by atoms with Crippen molar-refractivity contribution in [2.75, 3.05) is 57.3 Å². The highest BCUT2D eigenvalue weighted by Gasteiger charge is 2.20. The largest absolute Gasteiger partial charge is 0.369 e. The molecule has 27 heavy (non-hydrogen) atoms. The van der Waals surface area contributed by atoms with Crippen LogP contribution in [-0.4, -0.2) is 63.2 Å². The zero-order valence-electron chi connectivity index (χ0n) is 15.8. The Bertz CT molecular complexity index is 507. The van der Waals surface area contributed by atoms with Gasteiger partial charge < -0.3 is 15.5 Å². The van der Waals surface area contributed by atoms with E-state index in [1.807, 2.05) is 0 Å². The van der Waals surface area contributed by atoms with Crippen molar-refractivity contribution in [1.29, 1.82) is 0 Å². The van der Waals surface area contributed by atoms with Crippen LogP contribution in [0.15, 0.2) is 30.3 Å². The van der Waals surface area contributed by atoms with Crippen LogP contribution in [0.1, 0.15) is 19.3 Å². The average molecular weight is 440 g/mol. The Morgan fingerprint density at radius 1 is 1.07 bits per heavy atom. The molecule has 1 atom stereocenters. The molecule has 3 rings (SSSR count). The fourth-order valence-electron chi connectivity index (χ4n) is 3.60. The Labute approximate surface area is 181 Å². The highest BCUT2D eigenvalue weighted by atomic mass is 35.5. The molecule has 1 aromatic carbocycles. The first-order chi connectivity index (χ1) is 11.8. The first kappa shape index (κ1) is 26.3. The van der Waals surface area contributed by atoms with Crippen molar-refractivity contribution in [3.63, 3.8) is 0 Å². The molecule has 1 amide bonds. The molecule has 156 valence electrons. The lowest BCUT2D eigenvalue weighted by Gasteiger charge is -2.36. The van der Waals surface area contributed by atoms with Crippen LogP contribution in [0.2, 0.25) is 0 Å². The van der Waals surface area contributed by atoms with Crippen LogP contribution in [0.25, 0.3) is 0 Å². The molecule has 2 N–H and O–H groups in total. The molecule has 0 aromatic heterocycles. The van der Waals surface area contributed by atoms with Crippen molar-refractivity contribution in [2.24, 2.45) is 5.92 Å². The van der Waals surface area contributed by atoms with E-state index in [2.05, 4.69) is 50.8 Å². The monoisotopic (exact) mass is 438 g/mol. The van der Waals surface area contributed by atoms with Gasteiger partial charge in [-0.05, 0) is 44.5 Å². The van der Waals surface area contributed by atoms with Crippen LogP contribution in [0, 0.1) is 5.92 Å². The van der Waals surface area contributed by atoms with E-state index < -0.39 is 0 Å². The Morgan fingerprint density at radius 2 is 1.78 bits per heavy atom. The number of anilines is 1. The van der Waals surface area contributed by atoms with Crippen molar-refractivity contribution in [2.45, 2.75) is 19.3 Å². The Kier molecular flexibility index (Phi) is 13.9. The maximum atomic E-state index is 12.1. The number of para-hydroxylation sites is 1. The van der Waals surface area contributed by atoms with Crippen molar-refractivity contribution < 1.29 is 4.79 Å². The van der Waals surface area contributed by atoms with Crippen LogP contribution in [0.3, 0.4) is 0 Å². The number of piperidine rings is 1. The van der Waals surface area contributed by atoms with E-state index in [1.165, 1.54) is 5.69 Å². The van der Waals surface area contributed by atoms with Crippen molar-refractivity contribution in [3.8, 4) is 0 Å². The molecule has 0 spiro atoms. The third-order valence-electron chi connectivity index (χ3n) is 5.11. The SMILES string of the molecule is Cl.Cl.Cl.O=C(NCCCN1CCN(c2ccccc2)CC1)C1CCCNC1. The molecular formula is C19H33Cl3N4O. The van der Waals surface area contributed by atoms with E-state index in [4.69, 9.17) is 0 Å². The lowest BCUT2D eigenvalue weighted by atomic mass is 9.99. The van der Waals surface area contributed by atoms with Gasteiger partial charge in [-0.2, -0.15) is 0 Å². The Hall–Kier alpha value is -0.720. The van der Waals surface area contributed by atoms with Gasteiger partial charge >= 0.3 is 0 Å². The van der Waals surface area contributed by atoms with Gasteiger partial charge in [0.05, 0.1) is 5.92 Å². The van der Waals surface area contributed by atoms with Crippen LogP contribution in [0.4, 0.5) is 5.69 Å². The molecule has 2 aliphatic heterocycles. The number of piperazine rings is 1. The van der Waals surface area contributed by atoms with Gasteiger partial charge in [-0.25, -0.2) is 0 Å². The molecule has 0 bridgehead atoms. The van der Waals surface area contributed by atoms with Crippen molar-refractivity contribution in [3.05, 3.63) is 30.3 Å². The van der Waals surface area contributed by atoms with E-state index >= 15 is 0 Å². The van der Waals surface area contributed by atoms with E-state index in [-0.39, 0.29) is 49.0 Å². The maximum Gasteiger partial charge on any atom is 0.224 e. The molecule has 1 aromatic rings. The first-order valence-electron chi connectivity index (χ1n) is 9.34. The second-order valence-corrected chi connectivity index (χ2v) is 6.85. The van der Waals surface area contributed by atoms with Crippen molar-refractivity contribution >= 4 is 48.8 Å². The Balaban J connectivity index is 0.00000225. The number of amides is 1. The fourth-order valence-corrected chi connectivity index (χ4v) is 3.60. The average Bonchev–Trinajstić information content (AvgIpc) is 2.67. The third-order valence-corrected chi connectivity index (χ3v) is 5.11. The number of nitrogens with zero attached hydrogens (tertiary/aromatic N) is 2. The summed E-state index contributed by atoms with van der Waals surface area (Å²) >= 11 is 0. The van der Waals surface area contributed by atoms with Gasteiger partial charge in [0.2, 0.25) is 5.91 Å². The molecule has 0 saturated carbocycles. The number of carbonyl (C=O) groups is 1. The van der Waals surface area contributed by atoms with Crippen LogP contribution >= 0.6 is 37.2 Å². The first-order valence-corrected chi connectivity index (χ1v) is 9.34. The summed E-state index contributed by atoms with van der Waals surface area (Å²) in [6.45, 7) is 8.16. The molecule has 2 saturated heterocycles. The number of rotatable bonds is 6. The van der Waals surface area contributed by atoms with Crippen molar-refractivity contribution in [1.82, 2.24) is 15.5 Å². The number of halogens is 3. The van der Waals surface area contributed by atoms with Gasteiger partial charge in [0.25, 0.3) is 0 Å². The number of benzene rings is 1. The molecule has 2 heterocycles. The topological polar surface area (TPSA) is 47.6 Å². The van der Waals surface area contributed by atoms with Gasteiger partial charge in [-0.1, -0.05) is 18.2 Å². The van der Waals surface area contributed by atoms with E-state index in [0.717, 1.165) is 71.6 Å². The summed E-state index contributed by atoms with van der Waals surface area (Å²) in [6.07, 6.45) is 3.18. The van der Waals surface area contributed by atoms with Crippen LogP contribution in [0.5, 0.6) is 0 Å². The zero-order valence-corrected chi connectivity index (χ0v) is 18.2. The lowest BCUT2D eigenvalue weighted by Crippen LogP contribution is -2.47. The molecule has 2 aliphatic rings. The number of carbonyl (C=O) groups excluding carboxylic acids is 1. The summed E-state index contributed by atoms with van der Waals surface area (Å²) in [4.78, 5) is 17.0. The predicted molar refractivity (Wildman–Crippen MR) is 120 cm³/mol. The minimum absolute atomic E-state index is 0. The summed E-state index contributed by atoms with van der Waals surface area (Å²) in [5.41, 5.74) is 1.32. The van der Waals surface area contributed by atoms with Gasteiger partial charge in [-0.15, -0.1) is 37.2 Å². The van der Waals surface area contributed by atoms with Crippen LogP contribution in [-0.2, 0) is 4.79 Å². The molecule has 0 aliphatic carbocycles. The zero-order chi connectivity index (χ0) is 16.6. The summed E-state index contributed by atoms with van der Waals surface area (Å²) in [7, 11) is 0. The van der Waals surface area contributed by atoms with Gasteiger partial charge in [-0.3, -0.25) is 9.69 Å².